The van der Waals surface area contributed by atoms with Crippen molar-refractivity contribution in [3.05, 3.63) is 28.8 Å². The van der Waals surface area contributed by atoms with E-state index in [0.717, 1.165) is 5.56 Å². The van der Waals surface area contributed by atoms with E-state index in [1.165, 1.54) is 7.11 Å². The summed E-state index contributed by atoms with van der Waals surface area (Å²) in [7, 11) is 4.71. The van der Waals surface area contributed by atoms with Crippen LogP contribution in [0.1, 0.15) is 18.0 Å². The molecule has 1 aromatic carbocycles. The highest BCUT2D eigenvalue weighted by Crippen LogP contribution is 2.28. The van der Waals surface area contributed by atoms with Crippen LogP contribution in [-0.2, 0) is 9.53 Å². The van der Waals surface area contributed by atoms with Gasteiger partial charge in [-0.2, -0.15) is 0 Å². The molecule has 0 aliphatic heterocycles. The summed E-state index contributed by atoms with van der Waals surface area (Å²) in [6, 6.07) is 5.31. The quantitative estimate of drug-likeness (QED) is 0.822. The van der Waals surface area contributed by atoms with E-state index in [1.54, 1.807) is 26.3 Å². The largest absolute Gasteiger partial charge is 0.495 e. The van der Waals surface area contributed by atoms with Crippen molar-refractivity contribution in [1.29, 1.82) is 0 Å². The van der Waals surface area contributed by atoms with Crippen LogP contribution in [0, 0.1) is 0 Å². The van der Waals surface area contributed by atoms with Crippen LogP contribution in [0.5, 0.6) is 5.75 Å². The van der Waals surface area contributed by atoms with Crippen molar-refractivity contribution in [2.75, 3.05) is 21.3 Å². The predicted octanol–water partition coefficient (Wildman–Crippen LogP) is 2.17. The summed E-state index contributed by atoms with van der Waals surface area (Å²) in [5.74, 6) is 0.347. The second-order valence-electron chi connectivity index (χ2n) is 3.52. The minimum absolute atomic E-state index is 0.120. The average Bonchev–Trinajstić information content (AvgIpc) is 2.35. The van der Waals surface area contributed by atoms with Crippen LogP contribution in [0.2, 0.25) is 5.02 Å². The molecule has 1 atom stereocenters. The third kappa shape index (κ3) is 3.61. The van der Waals surface area contributed by atoms with Gasteiger partial charge in [-0.05, 0) is 24.7 Å². The molecule has 0 heterocycles. The highest BCUT2D eigenvalue weighted by molar-refractivity contribution is 6.32. The molecule has 0 fully saturated rings. The summed E-state index contributed by atoms with van der Waals surface area (Å²) >= 11 is 6.03. The van der Waals surface area contributed by atoms with Crippen LogP contribution in [0.3, 0.4) is 0 Å². The standard InChI is InChI=1S/C12H16ClNO3/c1-14-10(7-12(15)17-3)8-4-5-11(16-2)9(13)6-8/h4-6,10,14H,7H2,1-3H3. The lowest BCUT2D eigenvalue weighted by Gasteiger charge is -2.16. The number of carbonyl (C=O) groups is 1. The highest BCUT2D eigenvalue weighted by atomic mass is 35.5. The van der Waals surface area contributed by atoms with Crippen LogP contribution in [-0.4, -0.2) is 27.2 Å². The first-order valence-electron chi connectivity index (χ1n) is 5.20. The number of hydrogen-bond donors (Lipinski definition) is 1. The van der Waals surface area contributed by atoms with Crippen molar-refractivity contribution in [3.8, 4) is 5.75 Å². The highest BCUT2D eigenvalue weighted by Gasteiger charge is 2.15. The van der Waals surface area contributed by atoms with Gasteiger partial charge in [0.25, 0.3) is 0 Å². The van der Waals surface area contributed by atoms with Gasteiger partial charge in [0.05, 0.1) is 25.7 Å². The zero-order valence-corrected chi connectivity index (χ0v) is 10.9. The summed E-state index contributed by atoms with van der Waals surface area (Å²) in [6.07, 6.45) is 0.260. The molecule has 0 bridgehead atoms. The predicted molar refractivity (Wildman–Crippen MR) is 66.4 cm³/mol. The minimum Gasteiger partial charge on any atom is -0.495 e. The molecule has 0 radical (unpaired) electrons. The van der Waals surface area contributed by atoms with E-state index in [9.17, 15) is 4.79 Å². The number of ether oxygens (including phenoxy) is 2. The number of nitrogens with one attached hydrogen (secondary N) is 1. The lowest BCUT2D eigenvalue weighted by Crippen LogP contribution is -2.20. The van der Waals surface area contributed by atoms with Crippen molar-refractivity contribution < 1.29 is 14.3 Å². The van der Waals surface area contributed by atoms with Crippen LogP contribution >= 0.6 is 11.6 Å². The Bertz CT molecular complexity index is 395. The van der Waals surface area contributed by atoms with Crippen molar-refractivity contribution in [1.82, 2.24) is 5.32 Å². The molecule has 5 heteroatoms. The Morgan fingerprint density at radius 2 is 2.18 bits per heavy atom. The number of esters is 1. The topological polar surface area (TPSA) is 47.6 Å². The number of methoxy groups -OCH3 is 2. The van der Waals surface area contributed by atoms with Crippen molar-refractivity contribution in [2.45, 2.75) is 12.5 Å². The van der Waals surface area contributed by atoms with Gasteiger partial charge >= 0.3 is 5.97 Å². The van der Waals surface area contributed by atoms with Gasteiger partial charge in [-0.1, -0.05) is 17.7 Å². The van der Waals surface area contributed by atoms with Crippen molar-refractivity contribution >= 4 is 17.6 Å². The first-order chi connectivity index (χ1) is 8.12. The molecule has 0 aromatic heterocycles. The van der Waals surface area contributed by atoms with E-state index in [4.69, 9.17) is 16.3 Å². The average molecular weight is 258 g/mol. The number of rotatable bonds is 5. The number of benzene rings is 1. The van der Waals surface area contributed by atoms with E-state index >= 15 is 0 Å². The van der Waals surface area contributed by atoms with Crippen LogP contribution in [0.15, 0.2) is 18.2 Å². The fraction of sp³-hybridized carbons (Fsp3) is 0.417. The molecule has 1 rings (SSSR count). The van der Waals surface area contributed by atoms with E-state index in [-0.39, 0.29) is 18.4 Å². The zero-order chi connectivity index (χ0) is 12.8. The second kappa shape index (κ2) is 6.47. The summed E-state index contributed by atoms with van der Waals surface area (Å²) in [5, 5.41) is 3.57. The Morgan fingerprint density at radius 1 is 1.47 bits per heavy atom. The Kier molecular flexibility index (Phi) is 5.25. The summed E-state index contributed by atoms with van der Waals surface area (Å²) in [5.41, 5.74) is 0.920. The second-order valence-corrected chi connectivity index (χ2v) is 3.92. The molecular weight excluding hydrogens is 242 g/mol. The Balaban J connectivity index is 2.88. The SMILES string of the molecule is CNC(CC(=O)OC)c1ccc(OC)c(Cl)c1. The number of halogens is 1. The van der Waals surface area contributed by atoms with Crippen LogP contribution < -0.4 is 10.1 Å². The molecule has 0 spiro atoms. The maximum Gasteiger partial charge on any atom is 0.307 e. The molecule has 17 heavy (non-hydrogen) atoms. The molecule has 0 aliphatic carbocycles. The monoisotopic (exact) mass is 257 g/mol. The van der Waals surface area contributed by atoms with Gasteiger partial charge in [0.2, 0.25) is 0 Å². The van der Waals surface area contributed by atoms with Gasteiger partial charge in [0, 0.05) is 6.04 Å². The van der Waals surface area contributed by atoms with Gasteiger partial charge in [0.15, 0.2) is 0 Å². The first-order valence-corrected chi connectivity index (χ1v) is 5.57. The van der Waals surface area contributed by atoms with E-state index < -0.39 is 0 Å². The lowest BCUT2D eigenvalue weighted by molar-refractivity contribution is -0.141. The summed E-state index contributed by atoms with van der Waals surface area (Å²) < 4.78 is 9.71. The van der Waals surface area contributed by atoms with Crippen molar-refractivity contribution in [3.63, 3.8) is 0 Å². The van der Waals surface area contributed by atoms with Crippen LogP contribution in [0.4, 0.5) is 0 Å². The third-order valence-corrected chi connectivity index (χ3v) is 2.82. The minimum atomic E-state index is -0.267. The van der Waals surface area contributed by atoms with E-state index in [0.29, 0.717) is 10.8 Å². The molecule has 1 N–H and O–H groups in total. The Hall–Kier alpha value is -1.26. The molecular formula is C12H16ClNO3. The molecule has 4 nitrogen and oxygen atoms in total. The molecule has 94 valence electrons. The first kappa shape index (κ1) is 13.8. The van der Waals surface area contributed by atoms with Gasteiger partial charge in [-0.15, -0.1) is 0 Å². The molecule has 1 aromatic rings. The smallest absolute Gasteiger partial charge is 0.307 e. The molecule has 0 amide bonds. The van der Waals surface area contributed by atoms with Gasteiger partial charge in [0.1, 0.15) is 5.75 Å². The molecule has 0 saturated carbocycles. The van der Waals surface area contributed by atoms with Gasteiger partial charge in [-0.3, -0.25) is 4.79 Å². The number of carbonyl (C=O) groups excluding carboxylic acids is 1. The van der Waals surface area contributed by atoms with Gasteiger partial charge in [-0.25, -0.2) is 0 Å². The lowest BCUT2D eigenvalue weighted by atomic mass is 10.0. The normalized spacial score (nSPS) is 12.0. The van der Waals surface area contributed by atoms with Crippen molar-refractivity contribution in [2.24, 2.45) is 0 Å². The van der Waals surface area contributed by atoms with E-state index in [1.807, 2.05) is 6.07 Å². The fourth-order valence-electron chi connectivity index (χ4n) is 1.54. The molecule has 0 saturated heterocycles. The fourth-order valence-corrected chi connectivity index (χ4v) is 1.80. The molecule has 1 unspecified atom stereocenters. The Morgan fingerprint density at radius 3 is 2.65 bits per heavy atom. The zero-order valence-electron chi connectivity index (χ0n) is 10.1. The number of hydrogen-bond acceptors (Lipinski definition) is 4. The maximum absolute atomic E-state index is 11.2. The summed E-state index contributed by atoms with van der Waals surface area (Å²) in [4.78, 5) is 11.2. The van der Waals surface area contributed by atoms with E-state index in [2.05, 4.69) is 10.1 Å². The maximum atomic E-state index is 11.2. The molecule has 0 aliphatic rings. The summed E-state index contributed by atoms with van der Waals surface area (Å²) in [6.45, 7) is 0. The van der Waals surface area contributed by atoms with Gasteiger partial charge < -0.3 is 14.8 Å². The third-order valence-electron chi connectivity index (χ3n) is 2.53. The Labute approximate surface area is 106 Å². The van der Waals surface area contributed by atoms with Crippen LogP contribution in [0.25, 0.3) is 0 Å².